The first-order valence-electron chi connectivity index (χ1n) is 10.3. The lowest BCUT2D eigenvalue weighted by Crippen LogP contribution is -2.08. The van der Waals surface area contributed by atoms with Gasteiger partial charge in [0.25, 0.3) is 5.69 Å². The van der Waals surface area contributed by atoms with Crippen LogP contribution in [0.3, 0.4) is 0 Å². The van der Waals surface area contributed by atoms with Crippen molar-refractivity contribution in [3.63, 3.8) is 0 Å². The van der Waals surface area contributed by atoms with E-state index in [0.717, 1.165) is 16.0 Å². The Labute approximate surface area is 217 Å². The lowest BCUT2D eigenvalue weighted by molar-refractivity contribution is -0.384. The highest BCUT2D eigenvalue weighted by Crippen LogP contribution is 2.37. The molecule has 11 heteroatoms. The minimum Gasteiger partial charge on any atom is -0.422 e. The fourth-order valence-corrected chi connectivity index (χ4v) is 5.08. The van der Waals surface area contributed by atoms with Crippen molar-refractivity contribution in [2.24, 2.45) is 4.99 Å². The molecule has 2 heterocycles. The molecule has 1 aromatic heterocycles. The second-order valence-electron chi connectivity index (χ2n) is 7.45. The number of hydrogen-bond acceptors (Lipinski definition) is 8. The van der Waals surface area contributed by atoms with E-state index in [9.17, 15) is 19.7 Å². The minimum absolute atomic E-state index is 0.00587. The Hall–Kier alpha value is -4.05. The summed E-state index contributed by atoms with van der Waals surface area (Å²) in [5, 5.41) is 12.3. The molecule has 178 valence electrons. The maximum absolute atomic E-state index is 12.9. The van der Waals surface area contributed by atoms with E-state index in [2.05, 4.69) is 4.99 Å². The number of nitrogens with zero attached hydrogens (tertiary/aromatic N) is 2. The third-order valence-electron chi connectivity index (χ3n) is 5.14. The highest BCUT2D eigenvalue weighted by Gasteiger charge is 2.26. The number of rotatable bonds is 5. The Bertz CT molecular complexity index is 1630. The molecule has 0 atom stereocenters. The topological polar surface area (TPSA) is 108 Å². The summed E-state index contributed by atoms with van der Waals surface area (Å²) in [6, 6.07) is 17.2. The summed E-state index contributed by atoms with van der Waals surface area (Å²) in [5.74, 6) is -1.18. The molecule has 3 aromatic carbocycles. The largest absolute Gasteiger partial charge is 0.422 e. The first-order valence-corrected chi connectivity index (χ1v) is 11.8. The third kappa shape index (κ3) is 4.59. The van der Waals surface area contributed by atoms with E-state index in [1.807, 2.05) is 0 Å². The predicted octanol–water partition coefficient (Wildman–Crippen LogP) is 6.68. The van der Waals surface area contributed by atoms with Crippen LogP contribution in [0, 0.1) is 10.1 Å². The molecule has 0 radical (unpaired) electrons. The molecule has 1 aliphatic rings. The number of thiophene rings is 1. The number of aliphatic imine (C=N–C) groups is 1. The number of ether oxygens (including phenoxy) is 2. The standard InChI is InChI=1S/C25H12Cl2N2O6S/c26-15-7-10-17-20(12-15)36-22(21(17)27)25(31)34-19-4-2-1-3-14(19)11-18-24(30)35-23(28-18)13-5-8-16(9-6-13)29(32)33/h1-12H/b18-11+. The number of cyclic esters (lactones) is 1. The molecule has 0 aliphatic carbocycles. The quantitative estimate of drug-likeness (QED) is 0.0921. The van der Waals surface area contributed by atoms with Gasteiger partial charge in [-0.3, -0.25) is 10.1 Å². The zero-order valence-corrected chi connectivity index (χ0v) is 20.3. The SMILES string of the molecule is O=C1OC(c2ccc([N+](=O)[O-])cc2)=N/C1=C/c1ccccc1OC(=O)c1sc2cc(Cl)ccc2c1Cl. The Morgan fingerprint density at radius 2 is 1.83 bits per heavy atom. The number of fused-ring (bicyclic) bond motifs is 1. The Morgan fingerprint density at radius 3 is 2.58 bits per heavy atom. The fourth-order valence-electron chi connectivity index (χ4n) is 3.41. The Kier molecular flexibility index (Phi) is 6.27. The van der Waals surface area contributed by atoms with E-state index >= 15 is 0 Å². The number of nitro groups is 1. The number of esters is 2. The number of non-ortho nitro benzene ring substituents is 1. The lowest BCUT2D eigenvalue weighted by atomic mass is 10.1. The Morgan fingerprint density at radius 1 is 1.08 bits per heavy atom. The maximum atomic E-state index is 12.9. The van der Waals surface area contributed by atoms with Gasteiger partial charge in [-0.15, -0.1) is 11.3 Å². The summed E-state index contributed by atoms with van der Waals surface area (Å²) in [5.41, 5.74) is 0.682. The van der Waals surface area contributed by atoms with E-state index < -0.39 is 16.9 Å². The van der Waals surface area contributed by atoms with Gasteiger partial charge in [0, 0.05) is 38.4 Å². The molecule has 1 aliphatic heterocycles. The number of carbonyl (C=O) groups is 2. The van der Waals surface area contributed by atoms with E-state index in [0.29, 0.717) is 21.5 Å². The van der Waals surface area contributed by atoms with Crippen LogP contribution >= 0.6 is 34.5 Å². The highest BCUT2D eigenvalue weighted by atomic mass is 35.5. The van der Waals surface area contributed by atoms with Gasteiger partial charge in [0.15, 0.2) is 5.70 Å². The molecule has 0 bridgehead atoms. The molecule has 0 saturated carbocycles. The molecule has 0 unspecified atom stereocenters. The zero-order chi connectivity index (χ0) is 25.4. The molecule has 5 rings (SSSR count). The summed E-state index contributed by atoms with van der Waals surface area (Å²) in [6.07, 6.45) is 1.43. The fraction of sp³-hybridized carbons (Fsp3) is 0. The van der Waals surface area contributed by atoms with Crippen LogP contribution in [0.2, 0.25) is 10.0 Å². The van der Waals surface area contributed by atoms with Gasteiger partial charge in [0.1, 0.15) is 10.6 Å². The smallest absolute Gasteiger partial charge is 0.363 e. The summed E-state index contributed by atoms with van der Waals surface area (Å²) < 4.78 is 11.6. The number of nitro benzene ring substituents is 1. The van der Waals surface area contributed by atoms with Crippen LogP contribution in [-0.2, 0) is 9.53 Å². The third-order valence-corrected chi connectivity index (χ3v) is 7.01. The summed E-state index contributed by atoms with van der Waals surface area (Å²) in [7, 11) is 0. The molecule has 0 N–H and O–H groups in total. The molecule has 36 heavy (non-hydrogen) atoms. The molecule has 4 aromatic rings. The van der Waals surface area contributed by atoms with Gasteiger partial charge < -0.3 is 9.47 Å². The highest BCUT2D eigenvalue weighted by molar-refractivity contribution is 7.21. The van der Waals surface area contributed by atoms with Crippen molar-refractivity contribution in [3.8, 4) is 5.75 Å². The minimum atomic E-state index is -0.714. The van der Waals surface area contributed by atoms with Gasteiger partial charge in [0.05, 0.1) is 9.95 Å². The van der Waals surface area contributed by atoms with Crippen LogP contribution < -0.4 is 4.74 Å². The van der Waals surface area contributed by atoms with Crippen LogP contribution in [0.5, 0.6) is 5.75 Å². The number of benzene rings is 3. The molecule has 0 saturated heterocycles. The van der Waals surface area contributed by atoms with Crippen molar-refractivity contribution < 1.29 is 24.0 Å². The van der Waals surface area contributed by atoms with Crippen molar-refractivity contribution >= 4 is 74.2 Å². The van der Waals surface area contributed by atoms with Gasteiger partial charge in [-0.2, -0.15) is 0 Å². The van der Waals surface area contributed by atoms with Gasteiger partial charge in [-0.25, -0.2) is 14.6 Å². The van der Waals surface area contributed by atoms with E-state index in [1.54, 1.807) is 42.5 Å². The van der Waals surface area contributed by atoms with E-state index in [-0.39, 0.29) is 32.9 Å². The molecule has 8 nitrogen and oxygen atoms in total. The van der Waals surface area contributed by atoms with Crippen LogP contribution in [-0.4, -0.2) is 22.8 Å². The summed E-state index contributed by atoms with van der Waals surface area (Å²) >= 11 is 13.6. The van der Waals surface area contributed by atoms with Crippen molar-refractivity contribution in [2.75, 3.05) is 0 Å². The van der Waals surface area contributed by atoms with Gasteiger partial charge in [0.2, 0.25) is 5.90 Å². The second-order valence-corrected chi connectivity index (χ2v) is 9.32. The van der Waals surface area contributed by atoms with Crippen molar-refractivity contribution in [1.29, 1.82) is 0 Å². The Balaban J connectivity index is 1.43. The van der Waals surface area contributed by atoms with Crippen LogP contribution in [0.4, 0.5) is 5.69 Å². The molecule has 0 amide bonds. The van der Waals surface area contributed by atoms with E-state index in [1.165, 1.54) is 30.3 Å². The van der Waals surface area contributed by atoms with Gasteiger partial charge in [-0.1, -0.05) is 47.5 Å². The monoisotopic (exact) mass is 538 g/mol. The van der Waals surface area contributed by atoms with Crippen LogP contribution in [0.25, 0.3) is 16.2 Å². The normalized spacial score (nSPS) is 14.1. The van der Waals surface area contributed by atoms with Crippen LogP contribution in [0.15, 0.2) is 77.4 Å². The number of halogens is 2. The van der Waals surface area contributed by atoms with Gasteiger partial charge >= 0.3 is 11.9 Å². The number of carbonyl (C=O) groups excluding carboxylic acids is 2. The van der Waals surface area contributed by atoms with Crippen LogP contribution in [0.1, 0.15) is 20.8 Å². The first kappa shape index (κ1) is 23.7. The van der Waals surface area contributed by atoms with E-state index in [4.69, 9.17) is 32.7 Å². The maximum Gasteiger partial charge on any atom is 0.363 e. The summed E-state index contributed by atoms with van der Waals surface area (Å²) in [6.45, 7) is 0. The average molecular weight is 539 g/mol. The number of para-hydroxylation sites is 1. The molecule has 0 spiro atoms. The average Bonchev–Trinajstić information content (AvgIpc) is 3.39. The van der Waals surface area contributed by atoms with Gasteiger partial charge in [-0.05, 0) is 36.4 Å². The van der Waals surface area contributed by atoms with Crippen molar-refractivity contribution in [1.82, 2.24) is 0 Å². The van der Waals surface area contributed by atoms with Crippen molar-refractivity contribution in [2.45, 2.75) is 0 Å². The summed E-state index contributed by atoms with van der Waals surface area (Å²) in [4.78, 5) is 40.1. The predicted molar refractivity (Wildman–Crippen MR) is 137 cm³/mol. The number of hydrogen-bond donors (Lipinski definition) is 0. The van der Waals surface area contributed by atoms with Crippen molar-refractivity contribution in [3.05, 3.63) is 109 Å². The zero-order valence-electron chi connectivity index (χ0n) is 17.9. The molecule has 0 fully saturated rings. The lowest BCUT2D eigenvalue weighted by Gasteiger charge is -2.07. The molecular weight excluding hydrogens is 527 g/mol. The molecular formula is C25H12Cl2N2O6S. The first-order chi connectivity index (χ1) is 17.3. The second kappa shape index (κ2) is 9.54.